The second-order valence-corrected chi connectivity index (χ2v) is 8.80. The molecule has 0 bridgehead atoms. The number of benzene rings is 3. The molecular formula is C28H30FNO3. The Morgan fingerprint density at radius 3 is 2.58 bits per heavy atom. The first kappa shape index (κ1) is 22.8. The number of phenolic OH excluding ortho intramolecular Hbond substituents is 1. The smallest absolute Gasteiger partial charge is 0.260 e. The summed E-state index contributed by atoms with van der Waals surface area (Å²) in [5, 5.41) is 10.2. The van der Waals surface area contributed by atoms with Crippen molar-refractivity contribution in [3.05, 3.63) is 84.2 Å². The van der Waals surface area contributed by atoms with E-state index in [4.69, 9.17) is 4.74 Å². The number of aromatic hydroxyl groups is 1. The molecule has 1 N–H and O–H groups in total. The van der Waals surface area contributed by atoms with Crippen molar-refractivity contribution < 1.29 is 19.0 Å². The standard InChI is InChI=1S/C28H30FNO3/c1-20-17-22(12-11-21-7-3-2-4-8-21)15-16-30(20)28(32)19-33-27-10-6-5-9-25(27)24-14-13-23(29)18-26(24)31/h2-10,13-14,18,20,22,31H,11-12,15-17,19H2,1H3. The van der Waals surface area contributed by atoms with Crippen LogP contribution in [0.3, 0.4) is 0 Å². The minimum Gasteiger partial charge on any atom is -0.507 e. The zero-order valence-corrected chi connectivity index (χ0v) is 18.9. The van der Waals surface area contributed by atoms with Crippen LogP contribution in [-0.4, -0.2) is 35.1 Å². The van der Waals surface area contributed by atoms with E-state index < -0.39 is 5.82 Å². The quantitative estimate of drug-likeness (QED) is 0.495. The van der Waals surface area contributed by atoms with E-state index in [1.165, 1.54) is 17.7 Å². The van der Waals surface area contributed by atoms with Crippen molar-refractivity contribution >= 4 is 5.91 Å². The zero-order chi connectivity index (χ0) is 23.2. The zero-order valence-electron chi connectivity index (χ0n) is 18.9. The van der Waals surface area contributed by atoms with Gasteiger partial charge in [0.1, 0.15) is 17.3 Å². The molecule has 33 heavy (non-hydrogen) atoms. The molecule has 0 aliphatic carbocycles. The first-order chi connectivity index (χ1) is 16.0. The summed E-state index contributed by atoms with van der Waals surface area (Å²) in [6.07, 6.45) is 4.21. The lowest BCUT2D eigenvalue weighted by Crippen LogP contribution is -2.46. The molecule has 4 rings (SSSR count). The molecule has 0 spiro atoms. The minimum atomic E-state index is -0.508. The number of amides is 1. The van der Waals surface area contributed by atoms with Gasteiger partial charge in [-0.1, -0.05) is 48.5 Å². The molecule has 1 aliphatic heterocycles. The minimum absolute atomic E-state index is 0.0397. The number of piperidine rings is 1. The molecule has 3 aromatic carbocycles. The Bertz CT molecular complexity index is 1090. The van der Waals surface area contributed by atoms with Crippen LogP contribution in [0.5, 0.6) is 11.5 Å². The van der Waals surface area contributed by atoms with Gasteiger partial charge in [-0.2, -0.15) is 0 Å². The fourth-order valence-corrected chi connectivity index (χ4v) is 4.69. The fourth-order valence-electron chi connectivity index (χ4n) is 4.69. The molecule has 0 saturated carbocycles. The number of nitrogens with zero attached hydrogens (tertiary/aromatic N) is 1. The van der Waals surface area contributed by atoms with E-state index in [2.05, 4.69) is 31.2 Å². The number of hydrogen-bond acceptors (Lipinski definition) is 3. The van der Waals surface area contributed by atoms with Crippen LogP contribution < -0.4 is 4.74 Å². The maximum atomic E-state index is 13.4. The number of rotatable bonds is 7. The number of para-hydroxylation sites is 1. The third kappa shape index (κ3) is 5.72. The van der Waals surface area contributed by atoms with Gasteiger partial charge in [0.05, 0.1) is 0 Å². The number of likely N-dealkylation sites (tertiary alicyclic amines) is 1. The summed E-state index contributed by atoms with van der Waals surface area (Å²) in [6, 6.07) is 21.7. The summed E-state index contributed by atoms with van der Waals surface area (Å²) in [6.45, 7) is 2.78. The first-order valence-corrected chi connectivity index (χ1v) is 11.6. The summed E-state index contributed by atoms with van der Waals surface area (Å²) in [4.78, 5) is 14.8. The summed E-state index contributed by atoms with van der Waals surface area (Å²) in [5.41, 5.74) is 2.45. The maximum absolute atomic E-state index is 13.4. The molecular weight excluding hydrogens is 417 g/mol. The van der Waals surface area contributed by atoms with Crippen molar-refractivity contribution in [2.75, 3.05) is 13.2 Å². The highest BCUT2D eigenvalue weighted by Gasteiger charge is 2.29. The van der Waals surface area contributed by atoms with E-state index in [9.17, 15) is 14.3 Å². The van der Waals surface area contributed by atoms with Gasteiger partial charge >= 0.3 is 0 Å². The van der Waals surface area contributed by atoms with Gasteiger partial charge in [-0.25, -0.2) is 4.39 Å². The molecule has 5 heteroatoms. The van der Waals surface area contributed by atoms with Crippen LogP contribution in [0.15, 0.2) is 72.8 Å². The molecule has 1 heterocycles. The normalized spacial score (nSPS) is 18.2. The molecule has 1 aliphatic rings. The van der Waals surface area contributed by atoms with Crippen molar-refractivity contribution in [2.24, 2.45) is 5.92 Å². The summed E-state index contributed by atoms with van der Waals surface area (Å²) < 4.78 is 19.3. The predicted octanol–water partition coefficient (Wildman–Crippen LogP) is 5.84. The fraction of sp³-hybridized carbons (Fsp3) is 0.321. The highest BCUT2D eigenvalue weighted by atomic mass is 19.1. The number of ether oxygens (including phenoxy) is 1. The Hall–Kier alpha value is -3.34. The molecule has 0 radical (unpaired) electrons. The van der Waals surface area contributed by atoms with Crippen LogP contribution in [0.25, 0.3) is 11.1 Å². The highest BCUT2D eigenvalue weighted by molar-refractivity contribution is 5.79. The molecule has 3 aromatic rings. The summed E-state index contributed by atoms with van der Waals surface area (Å²) >= 11 is 0. The molecule has 1 amide bonds. The lowest BCUT2D eigenvalue weighted by atomic mass is 9.87. The molecule has 1 fully saturated rings. The van der Waals surface area contributed by atoms with Crippen LogP contribution in [-0.2, 0) is 11.2 Å². The second-order valence-electron chi connectivity index (χ2n) is 8.80. The molecule has 0 aromatic heterocycles. The second kappa shape index (κ2) is 10.5. The molecule has 2 unspecified atom stereocenters. The van der Waals surface area contributed by atoms with Crippen LogP contribution in [0, 0.1) is 11.7 Å². The number of halogens is 1. The number of carbonyl (C=O) groups is 1. The number of carbonyl (C=O) groups excluding carboxylic acids is 1. The average Bonchev–Trinajstić information content (AvgIpc) is 2.82. The number of aryl methyl sites for hydroxylation is 1. The summed E-state index contributed by atoms with van der Waals surface area (Å²) in [7, 11) is 0. The van der Waals surface area contributed by atoms with Gasteiger partial charge < -0.3 is 14.7 Å². The monoisotopic (exact) mass is 447 g/mol. The van der Waals surface area contributed by atoms with E-state index in [0.717, 1.165) is 38.3 Å². The number of hydrogen-bond donors (Lipinski definition) is 1. The Balaban J connectivity index is 1.33. The van der Waals surface area contributed by atoms with Crippen molar-refractivity contribution in [2.45, 2.75) is 38.6 Å². The summed E-state index contributed by atoms with van der Waals surface area (Å²) in [5.74, 6) is 0.391. The lowest BCUT2D eigenvalue weighted by Gasteiger charge is -2.37. The van der Waals surface area contributed by atoms with Crippen LogP contribution in [0.2, 0.25) is 0 Å². The molecule has 172 valence electrons. The van der Waals surface area contributed by atoms with Gasteiger partial charge in [-0.15, -0.1) is 0 Å². The van der Waals surface area contributed by atoms with Gasteiger partial charge in [0, 0.05) is 29.8 Å². The van der Waals surface area contributed by atoms with Crippen LogP contribution >= 0.6 is 0 Å². The third-order valence-corrected chi connectivity index (χ3v) is 6.48. The van der Waals surface area contributed by atoms with E-state index in [1.54, 1.807) is 12.1 Å². The Morgan fingerprint density at radius 1 is 1.06 bits per heavy atom. The average molecular weight is 448 g/mol. The lowest BCUT2D eigenvalue weighted by molar-refractivity contribution is -0.137. The van der Waals surface area contributed by atoms with Crippen molar-refractivity contribution in [3.8, 4) is 22.6 Å². The van der Waals surface area contributed by atoms with E-state index in [0.29, 0.717) is 22.8 Å². The molecule has 4 nitrogen and oxygen atoms in total. The van der Waals surface area contributed by atoms with Crippen LogP contribution in [0.1, 0.15) is 31.7 Å². The SMILES string of the molecule is CC1CC(CCc2ccccc2)CCN1C(=O)COc1ccccc1-c1ccc(F)cc1O. The van der Waals surface area contributed by atoms with Gasteiger partial charge in [0.25, 0.3) is 5.91 Å². The first-order valence-electron chi connectivity index (χ1n) is 11.6. The number of phenols is 1. The van der Waals surface area contributed by atoms with E-state index >= 15 is 0 Å². The maximum Gasteiger partial charge on any atom is 0.260 e. The topological polar surface area (TPSA) is 49.8 Å². The predicted molar refractivity (Wildman–Crippen MR) is 128 cm³/mol. The third-order valence-electron chi connectivity index (χ3n) is 6.48. The van der Waals surface area contributed by atoms with Gasteiger partial charge in [-0.3, -0.25) is 4.79 Å². The van der Waals surface area contributed by atoms with E-state index in [-0.39, 0.29) is 24.3 Å². The van der Waals surface area contributed by atoms with Crippen molar-refractivity contribution in [1.29, 1.82) is 0 Å². The largest absolute Gasteiger partial charge is 0.507 e. The molecule has 1 saturated heterocycles. The van der Waals surface area contributed by atoms with Gasteiger partial charge in [-0.05, 0) is 62.3 Å². The Morgan fingerprint density at radius 2 is 1.82 bits per heavy atom. The Labute approximate surface area is 194 Å². The van der Waals surface area contributed by atoms with Gasteiger partial charge in [0.2, 0.25) is 0 Å². The van der Waals surface area contributed by atoms with Gasteiger partial charge in [0.15, 0.2) is 6.61 Å². The Kier molecular flexibility index (Phi) is 7.28. The van der Waals surface area contributed by atoms with Crippen LogP contribution in [0.4, 0.5) is 4.39 Å². The highest BCUT2D eigenvalue weighted by Crippen LogP contribution is 2.36. The van der Waals surface area contributed by atoms with Crippen molar-refractivity contribution in [3.63, 3.8) is 0 Å². The van der Waals surface area contributed by atoms with E-state index in [1.807, 2.05) is 23.1 Å². The van der Waals surface area contributed by atoms with Crippen molar-refractivity contribution in [1.82, 2.24) is 4.90 Å². The molecule has 2 atom stereocenters.